The fourth-order valence-electron chi connectivity index (χ4n) is 2.42. The smallest absolute Gasteiger partial charge is 0.339 e. The molecule has 0 fully saturated rings. The highest BCUT2D eigenvalue weighted by molar-refractivity contribution is 5.93. The summed E-state index contributed by atoms with van der Waals surface area (Å²) in [5.41, 5.74) is 2.47. The maximum atomic E-state index is 12.1. The van der Waals surface area contributed by atoms with E-state index in [9.17, 15) is 4.79 Å². The third-order valence-electron chi connectivity index (χ3n) is 3.67. The lowest BCUT2D eigenvalue weighted by molar-refractivity contribution is 0.0450. The van der Waals surface area contributed by atoms with Crippen molar-refractivity contribution in [2.24, 2.45) is 7.05 Å². The molecule has 0 amide bonds. The molecule has 0 spiro atoms. The van der Waals surface area contributed by atoms with Crippen LogP contribution in [0.1, 0.15) is 21.6 Å². The van der Waals surface area contributed by atoms with Gasteiger partial charge in [-0.2, -0.15) is 10.4 Å². The Labute approximate surface area is 144 Å². The van der Waals surface area contributed by atoms with Gasteiger partial charge >= 0.3 is 5.97 Å². The van der Waals surface area contributed by atoms with Crippen LogP contribution in [0.3, 0.4) is 0 Å². The first-order valence-corrected chi connectivity index (χ1v) is 7.68. The van der Waals surface area contributed by atoms with Gasteiger partial charge in [-0.15, -0.1) is 0 Å². The summed E-state index contributed by atoms with van der Waals surface area (Å²) in [5.74, 6) is 0.158. The third kappa shape index (κ3) is 3.58. The van der Waals surface area contributed by atoms with E-state index in [4.69, 9.17) is 14.7 Å². The molecule has 7 nitrogen and oxygen atoms in total. The van der Waals surface area contributed by atoms with E-state index in [0.29, 0.717) is 16.9 Å². The molecule has 2 aromatic heterocycles. The summed E-state index contributed by atoms with van der Waals surface area (Å²) < 4.78 is 12.3. The van der Waals surface area contributed by atoms with Crippen molar-refractivity contribution < 1.29 is 14.3 Å². The molecule has 7 heteroatoms. The van der Waals surface area contributed by atoms with Crippen LogP contribution in [0.5, 0.6) is 5.75 Å². The molecule has 0 bridgehead atoms. The van der Waals surface area contributed by atoms with Crippen molar-refractivity contribution in [1.82, 2.24) is 14.8 Å². The van der Waals surface area contributed by atoms with E-state index in [1.165, 1.54) is 6.20 Å². The number of carbonyl (C=O) groups excluding carboxylic acids is 1. The fraction of sp³-hybridized carbons (Fsp3) is 0.222. The first-order chi connectivity index (χ1) is 12.1. The second-order valence-corrected chi connectivity index (χ2v) is 5.42. The minimum atomic E-state index is -0.457. The molecule has 0 radical (unpaired) electrons. The Bertz CT molecular complexity index is 955. The molecule has 0 aliphatic heterocycles. The zero-order valence-electron chi connectivity index (χ0n) is 13.9. The number of hydrogen-bond donors (Lipinski definition) is 0. The van der Waals surface area contributed by atoms with Gasteiger partial charge in [-0.1, -0.05) is 0 Å². The molecular weight excluding hydrogens is 320 g/mol. The molecule has 0 saturated carbocycles. The SMILES string of the molecule is Cc1nn(C)c2ncc(C(=O)OCCOc3ccc(C#N)cc3)cc12. The molecular formula is C18H16N4O3. The maximum absolute atomic E-state index is 12.1. The molecule has 126 valence electrons. The molecule has 0 aliphatic rings. The van der Waals surface area contributed by atoms with Gasteiger partial charge in [0.2, 0.25) is 0 Å². The fourth-order valence-corrected chi connectivity index (χ4v) is 2.42. The van der Waals surface area contributed by atoms with E-state index in [2.05, 4.69) is 10.1 Å². The number of aryl methyl sites for hydroxylation is 2. The van der Waals surface area contributed by atoms with Crippen molar-refractivity contribution in [3.8, 4) is 11.8 Å². The number of pyridine rings is 1. The molecule has 0 atom stereocenters. The summed E-state index contributed by atoms with van der Waals surface area (Å²) in [6.45, 7) is 2.20. The Morgan fingerprint density at radius 1 is 1.28 bits per heavy atom. The van der Waals surface area contributed by atoms with Gasteiger partial charge in [-0.05, 0) is 37.3 Å². The lowest BCUT2D eigenvalue weighted by atomic mass is 10.2. The Hall–Kier alpha value is -3.40. The molecule has 3 rings (SSSR count). The Balaban J connectivity index is 1.55. The number of fused-ring (bicyclic) bond motifs is 1. The van der Waals surface area contributed by atoms with Crippen molar-refractivity contribution in [2.75, 3.05) is 13.2 Å². The van der Waals surface area contributed by atoms with Gasteiger partial charge in [0.1, 0.15) is 19.0 Å². The van der Waals surface area contributed by atoms with E-state index in [-0.39, 0.29) is 13.2 Å². The number of ether oxygens (including phenoxy) is 2. The predicted octanol–water partition coefficient (Wildman–Crippen LogP) is 2.38. The molecule has 0 saturated heterocycles. The van der Waals surface area contributed by atoms with Crippen LogP contribution in [0.15, 0.2) is 36.5 Å². The summed E-state index contributed by atoms with van der Waals surface area (Å²) >= 11 is 0. The number of esters is 1. The average Bonchev–Trinajstić information content (AvgIpc) is 2.92. The van der Waals surface area contributed by atoms with Gasteiger partial charge in [0.05, 0.1) is 22.9 Å². The minimum absolute atomic E-state index is 0.114. The monoisotopic (exact) mass is 336 g/mol. The van der Waals surface area contributed by atoms with Crippen molar-refractivity contribution in [3.05, 3.63) is 53.3 Å². The van der Waals surface area contributed by atoms with E-state index in [1.54, 1.807) is 42.1 Å². The normalized spacial score (nSPS) is 10.4. The molecule has 1 aromatic carbocycles. The van der Waals surface area contributed by atoms with Crippen LogP contribution in [-0.2, 0) is 11.8 Å². The number of nitriles is 1. The van der Waals surface area contributed by atoms with Crippen LogP contribution in [0, 0.1) is 18.3 Å². The topological polar surface area (TPSA) is 90.0 Å². The van der Waals surface area contributed by atoms with Crippen LogP contribution in [0.2, 0.25) is 0 Å². The van der Waals surface area contributed by atoms with Gasteiger partial charge in [0.15, 0.2) is 5.65 Å². The van der Waals surface area contributed by atoms with Crippen molar-refractivity contribution >= 4 is 17.0 Å². The van der Waals surface area contributed by atoms with Crippen LogP contribution >= 0.6 is 0 Å². The Kier molecular flexibility index (Phi) is 4.61. The van der Waals surface area contributed by atoms with Gasteiger partial charge in [0.25, 0.3) is 0 Å². The largest absolute Gasteiger partial charge is 0.490 e. The second kappa shape index (κ2) is 7.01. The summed E-state index contributed by atoms with van der Waals surface area (Å²) in [7, 11) is 1.81. The lowest BCUT2D eigenvalue weighted by Crippen LogP contribution is -2.12. The van der Waals surface area contributed by atoms with Crippen molar-refractivity contribution in [3.63, 3.8) is 0 Å². The van der Waals surface area contributed by atoms with Gasteiger partial charge in [-0.25, -0.2) is 9.78 Å². The van der Waals surface area contributed by atoms with E-state index >= 15 is 0 Å². The minimum Gasteiger partial charge on any atom is -0.490 e. The summed E-state index contributed by atoms with van der Waals surface area (Å²) in [6, 6.07) is 10.5. The van der Waals surface area contributed by atoms with E-state index < -0.39 is 5.97 Å². The zero-order valence-corrected chi connectivity index (χ0v) is 13.9. The third-order valence-corrected chi connectivity index (χ3v) is 3.67. The van der Waals surface area contributed by atoms with Crippen LogP contribution in [0.4, 0.5) is 0 Å². The number of rotatable bonds is 5. The molecule has 2 heterocycles. The first kappa shape index (κ1) is 16.5. The second-order valence-electron chi connectivity index (χ2n) is 5.42. The summed E-state index contributed by atoms with van der Waals surface area (Å²) in [5, 5.41) is 13.8. The quantitative estimate of drug-likeness (QED) is 0.525. The zero-order chi connectivity index (χ0) is 17.8. The van der Waals surface area contributed by atoms with Crippen molar-refractivity contribution in [1.29, 1.82) is 5.26 Å². The van der Waals surface area contributed by atoms with Crippen LogP contribution < -0.4 is 4.74 Å². The summed E-state index contributed by atoms with van der Waals surface area (Å²) in [6.07, 6.45) is 1.48. The highest BCUT2D eigenvalue weighted by Gasteiger charge is 2.12. The highest BCUT2D eigenvalue weighted by Crippen LogP contribution is 2.17. The number of aromatic nitrogens is 3. The van der Waals surface area contributed by atoms with Gasteiger partial charge in [-0.3, -0.25) is 4.68 Å². The lowest BCUT2D eigenvalue weighted by Gasteiger charge is -2.07. The highest BCUT2D eigenvalue weighted by atomic mass is 16.6. The van der Waals surface area contributed by atoms with Crippen LogP contribution in [-0.4, -0.2) is 33.9 Å². The maximum Gasteiger partial charge on any atom is 0.339 e. The number of carbonyl (C=O) groups is 1. The average molecular weight is 336 g/mol. The first-order valence-electron chi connectivity index (χ1n) is 7.68. The Morgan fingerprint density at radius 3 is 2.76 bits per heavy atom. The molecule has 0 aliphatic carbocycles. The molecule has 3 aromatic rings. The van der Waals surface area contributed by atoms with E-state index in [0.717, 1.165) is 16.7 Å². The van der Waals surface area contributed by atoms with E-state index in [1.807, 2.05) is 13.0 Å². The number of nitrogens with zero attached hydrogens (tertiary/aromatic N) is 4. The van der Waals surface area contributed by atoms with Crippen LogP contribution in [0.25, 0.3) is 11.0 Å². The summed E-state index contributed by atoms with van der Waals surface area (Å²) in [4.78, 5) is 16.4. The Morgan fingerprint density at radius 2 is 2.04 bits per heavy atom. The standard InChI is InChI=1S/C18H16N4O3/c1-12-16-9-14(11-20-17(16)22(2)21-12)18(23)25-8-7-24-15-5-3-13(10-19)4-6-15/h3-6,9,11H,7-8H2,1-2H3. The van der Waals surface area contributed by atoms with Gasteiger partial charge in [0, 0.05) is 18.6 Å². The number of benzene rings is 1. The molecule has 0 unspecified atom stereocenters. The predicted molar refractivity (Wildman–Crippen MR) is 90.2 cm³/mol. The van der Waals surface area contributed by atoms with Crippen molar-refractivity contribution in [2.45, 2.75) is 6.92 Å². The number of hydrogen-bond acceptors (Lipinski definition) is 6. The molecule has 25 heavy (non-hydrogen) atoms. The van der Waals surface area contributed by atoms with Gasteiger partial charge < -0.3 is 9.47 Å². The molecule has 0 N–H and O–H groups in total.